The zero-order valence-electron chi connectivity index (χ0n) is 23.0. The topological polar surface area (TPSA) is 78.0 Å². The summed E-state index contributed by atoms with van der Waals surface area (Å²) < 4.78 is 18.8. The van der Waals surface area contributed by atoms with Gasteiger partial charge in [0.15, 0.2) is 0 Å². The number of ether oxygens (including phenoxy) is 1. The van der Waals surface area contributed by atoms with Gasteiger partial charge in [0.05, 0.1) is 37.6 Å². The lowest BCUT2D eigenvalue weighted by atomic mass is 9.91. The average molecular weight is 560 g/mol. The molecule has 212 valence electrons. The molecule has 1 aromatic heterocycles. The summed E-state index contributed by atoms with van der Waals surface area (Å²) in [4.78, 5) is 37.2. The Balaban J connectivity index is 0.00000353. The molecule has 10 heteroatoms. The summed E-state index contributed by atoms with van der Waals surface area (Å²) in [6.45, 7) is 10.9. The van der Waals surface area contributed by atoms with Gasteiger partial charge in [-0.25, -0.2) is 4.39 Å². The van der Waals surface area contributed by atoms with Gasteiger partial charge in [-0.3, -0.25) is 19.5 Å². The molecule has 0 aliphatic carbocycles. The fourth-order valence-electron chi connectivity index (χ4n) is 5.77. The number of hydrogen-bond acceptors (Lipinski definition) is 6. The second kappa shape index (κ2) is 12.3. The first kappa shape index (κ1) is 29.4. The maximum absolute atomic E-state index is 13.8. The lowest BCUT2D eigenvalue weighted by molar-refractivity contribution is -0.131. The van der Waals surface area contributed by atoms with Crippen molar-refractivity contribution < 1.29 is 18.7 Å². The summed E-state index contributed by atoms with van der Waals surface area (Å²) in [6, 6.07) is 8.86. The number of piperazine rings is 1. The molecule has 0 bridgehead atoms. The molecule has 2 amide bonds. The third kappa shape index (κ3) is 6.77. The Kier molecular flexibility index (Phi) is 9.26. The zero-order chi connectivity index (χ0) is 26.9. The number of halogens is 2. The number of carbonyl (C=O) groups excluding carboxylic acids is 2. The number of rotatable bonds is 6. The lowest BCUT2D eigenvalue weighted by Crippen LogP contribution is -2.61. The monoisotopic (exact) mass is 559 g/mol. The lowest BCUT2D eigenvalue weighted by Gasteiger charge is -2.41. The van der Waals surface area contributed by atoms with Crippen molar-refractivity contribution in [2.45, 2.75) is 51.1 Å². The van der Waals surface area contributed by atoms with Gasteiger partial charge in [-0.05, 0) is 42.7 Å². The van der Waals surface area contributed by atoms with Crippen molar-refractivity contribution in [3.8, 4) is 0 Å². The van der Waals surface area contributed by atoms with Crippen LogP contribution >= 0.6 is 12.4 Å². The molecule has 0 spiro atoms. The molecule has 1 aromatic carbocycles. The van der Waals surface area contributed by atoms with Crippen molar-refractivity contribution in [3.05, 3.63) is 59.2 Å². The molecule has 3 aliphatic heterocycles. The van der Waals surface area contributed by atoms with E-state index in [1.807, 2.05) is 16.0 Å². The van der Waals surface area contributed by atoms with E-state index in [2.05, 4.69) is 37.1 Å². The third-order valence-electron chi connectivity index (χ3n) is 7.85. The summed E-state index contributed by atoms with van der Waals surface area (Å²) in [7, 11) is 0. The predicted octanol–water partition coefficient (Wildman–Crippen LogP) is 2.77. The van der Waals surface area contributed by atoms with Crippen molar-refractivity contribution >= 4 is 29.9 Å². The number of hydrogen-bond donors (Lipinski definition) is 1. The van der Waals surface area contributed by atoms with Crippen molar-refractivity contribution in [2.75, 3.05) is 57.4 Å². The fourth-order valence-corrected chi connectivity index (χ4v) is 5.77. The van der Waals surface area contributed by atoms with Crippen LogP contribution in [0.25, 0.3) is 0 Å². The first-order valence-corrected chi connectivity index (χ1v) is 13.6. The molecule has 2 saturated heterocycles. The molecule has 5 rings (SSSR count). The second-order valence-corrected chi connectivity index (χ2v) is 11.5. The van der Waals surface area contributed by atoms with E-state index in [1.54, 1.807) is 12.1 Å². The summed E-state index contributed by atoms with van der Waals surface area (Å²) >= 11 is 0. The van der Waals surface area contributed by atoms with Gasteiger partial charge in [0.25, 0.3) is 0 Å². The van der Waals surface area contributed by atoms with E-state index in [-0.39, 0.29) is 54.1 Å². The number of carbonyl (C=O) groups is 2. The van der Waals surface area contributed by atoms with Crippen molar-refractivity contribution in [1.82, 2.24) is 20.1 Å². The summed E-state index contributed by atoms with van der Waals surface area (Å²) in [5.41, 5.74) is 3.51. The van der Waals surface area contributed by atoms with E-state index in [4.69, 9.17) is 9.72 Å². The van der Waals surface area contributed by atoms with Gasteiger partial charge in [-0.1, -0.05) is 26.0 Å². The normalized spacial score (nSPS) is 23.2. The fraction of sp³-hybridized carbons (Fsp3) is 0.552. The third-order valence-corrected chi connectivity index (χ3v) is 7.85. The Labute approximate surface area is 236 Å². The number of nitrogens with one attached hydrogen (secondary N) is 1. The van der Waals surface area contributed by atoms with Crippen LogP contribution in [0, 0.1) is 5.82 Å². The molecular formula is C29H39ClFN5O3. The van der Waals surface area contributed by atoms with Crippen LogP contribution in [0.4, 0.5) is 10.1 Å². The quantitative estimate of drug-likeness (QED) is 0.586. The van der Waals surface area contributed by atoms with Gasteiger partial charge >= 0.3 is 0 Å². The van der Waals surface area contributed by atoms with Gasteiger partial charge in [0.2, 0.25) is 11.8 Å². The van der Waals surface area contributed by atoms with Crippen LogP contribution in [0.5, 0.6) is 0 Å². The van der Waals surface area contributed by atoms with Crippen molar-refractivity contribution in [3.63, 3.8) is 0 Å². The highest BCUT2D eigenvalue weighted by molar-refractivity contribution is 5.97. The second-order valence-electron chi connectivity index (χ2n) is 11.5. The number of fused-ring (bicyclic) bond motifs is 1. The maximum Gasteiger partial charge on any atom is 0.241 e. The molecule has 1 N–H and O–H groups in total. The average Bonchev–Trinajstić information content (AvgIpc) is 3.00. The predicted molar refractivity (Wildman–Crippen MR) is 151 cm³/mol. The number of benzene rings is 1. The molecule has 3 aliphatic rings. The standard InChI is InChI=1S/C29H38FN5O3.ClH/c1-20-16-34(24(15-31-20)17-33-9-11-38-10-8-26(33)36)18-27(37)35-19-29(2,3)28-25(35)13-22(14-32-28)12-21-4-6-23(30)7-5-21;/h4-7,13-14,20,24,31H,8-12,15-19H2,1-3H3;1H/t20-,24-;/m1./s1. The van der Waals surface area contributed by atoms with E-state index >= 15 is 0 Å². The van der Waals surface area contributed by atoms with Crippen LogP contribution in [0.1, 0.15) is 44.0 Å². The van der Waals surface area contributed by atoms with Crippen LogP contribution in [0.2, 0.25) is 0 Å². The van der Waals surface area contributed by atoms with E-state index in [9.17, 15) is 14.0 Å². The van der Waals surface area contributed by atoms with Crippen molar-refractivity contribution in [1.29, 1.82) is 0 Å². The van der Waals surface area contributed by atoms with Crippen LogP contribution in [-0.4, -0.2) is 91.2 Å². The summed E-state index contributed by atoms with van der Waals surface area (Å²) in [5.74, 6) is -0.0991. The van der Waals surface area contributed by atoms with E-state index in [0.717, 1.165) is 35.6 Å². The minimum absolute atomic E-state index is 0. The van der Waals surface area contributed by atoms with E-state index in [0.29, 0.717) is 45.7 Å². The van der Waals surface area contributed by atoms with Gasteiger partial charge < -0.3 is 19.9 Å². The zero-order valence-corrected chi connectivity index (χ0v) is 23.8. The first-order chi connectivity index (χ1) is 18.2. The first-order valence-electron chi connectivity index (χ1n) is 13.6. The molecule has 4 heterocycles. The van der Waals surface area contributed by atoms with Crippen LogP contribution < -0.4 is 10.2 Å². The highest BCUT2D eigenvalue weighted by Gasteiger charge is 2.41. The Morgan fingerprint density at radius 3 is 2.74 bits per heavy atom. The minimum atomic E-state index is -0.256. The number of aromatic nitrogens is 1. The number of anilines is 1. The molecule has 2 atom stereocenters. The molecular weight excluding hydrogens is 521 g/mol. The van der Waals surface area contributed by atoms with Crippen molar-refractivity contribution in [2.24, 2.45) is 0 Å². The summed E-state index contributed by atoms with van der Waals surface area (Å²) in [6.07, 6.45) is 2.89. The Morgan fingerprint density at radius 2 is 1.97 bits per heavy atom. The molecule has 2 fully saturated rings. The Hall–Kier alpha value is -2.59. The van der Waals surface area contributed by atoms with Crippen LogP contribution in [0.15, 0.2) is 36.5 Å². The minimum Gasteiger partial charge on any atom is -0.379 e. The molecule has 0 saturated carbocycles. The number of amides is 2. The smallest absolute Gasteiger partial charge is 0.241 e. The highest BCUT2D eigenvalue weighted by Crippen LogP contribution is 2.39. The Morgan fingerprint density at radius 1 is 1.21 bits per heavy atom. The molecule has 0 unspecified atom stereocenters. The Bertz CT molecular complexity index is 1180. The summed E-state index contributed by atoms with van der Waals surface area (Å²) in [5, 5.41) is 3.52. The van der Waals surface area contributed by atoms with E-state index in [1.165, 1.54) is 12.1 Å². The van der Waals surface area contributed by atoms with Gasteiger partial charge in [0.1, 0.15) is 5.82 Å². The molecule has 39 heavy (non-hydrogen) atoms. The van der Waals surface area contributed by atoms with Gasteiger partial charge in [0, 0.05) is 56.4 Å². The number of nitrogens with zero attached hydrogens (tertiary/aromatic N) is 4. The van der Waals surface area contributed by atoms with E-state index < -0.39 is 0 Å². The largest absolute Gasteiger partial charge is 0.379 e. The SMILES string of the molecule is C[C@@H]1CN(CC(=O)N2CC(C)(C)c3ncc(Cc4ccc(F)cc4)cc32)[C@@H](CN2CCOCCC2=O)CN1.Cl. The molecule has 0 radical (unpaired) electrons. The van der Waals surface area contributed by atoms with Crippen LogP contribution in [0.3, 0.4) is 0 Å². The van der Waals surface area contributed by atoms with Gasteiger partial charge in [-0.15, -0.1) is 12.4 Å². The highest BCUT2D eigenvalue weighted by atomic mass is 35.5. The van der Waals surface area contributed by atoms with Crippen LogP contribution in [-0.2, 0) is 26.2 Å². The molecule has 8 nitrogen and oxygen atoms in total. The van der Waals surface area contributed by atoms with Gasteiger partial charge in [-0.2, -0.15) is 0 Å². The molecule has 2 aromatic rings. The maximum atomic E-state index is 13.8. The number of pyridine rings is 1.